The number of fused-ring (bicyclic) bond motifs is 5. The van der Waals surface area contributed by atoms with Gasteiger partial charge in [0.15, 0.2) is 0 Å². The van der Waals surface area contributed by atoms with E-state index in [0.717, 1.165) is 44.9 Å². The van der Waals surface area contributed by atoms with Crippen molar-refractivity contribution >= 4 is 5.97 Å². The van der Waals surface area contributed by atoms with Crippen LogP contribution < -0.4 is 0 Å². The van der Waals surface area contributed by atoms with Crippen LogP contribution in [0.5, 0.6) is 0 Å². The van der Waals surface area contributed by atoms with E-state index in [2.05, 4.69) is 65.8 Å². The van der Waals surface area contributed by atoms with E-state index >= 15 is 0 Å². The Labute approximate surface area is 237 Å². The van der Waals surface area contributed by atoms with E-state index in [1.54, 1.807) is 0 Å². The second-order valence-electron chi connectivity index (χ2n) is 14.3. The highest BCUT2D eigenvalue weighted by Gasteiger charge is 2.66. The third-order valence-corrected chi connectivity index (χ3v) is 12.2. The van der Waals surface area contributed by atoms with E-state index in [-0.39, 0.29) is 28.3 Å². The minimum Gasteiger partial charge on any atom is -0.459 e. The topological polar surface area (TPSA) is 50.1 Å². The quantitative estimate of drug-likeness (QED) is 0.274. The summed E-state index contributed by atoms with van der Waals surface area (Å²) in [6.07, 6.45) is 15.8. The Morgan fingerprint density at radius 2 is 1.77 bits per heavy atom. The third-order valence-electron chi connectivity index (χ3n) is 12.2. The number of ether oxygens (including phenoxy) is 1. The first-order chi connectivity index (χ1) is 18.6. The molecule has 3 heteroatoms. The third kappa shape index (κ3) is 4.61. The average Bonchev–Trinajstić information content (AvgIpc) is 3.25. The molecule has 210 valence electrons. The van der Waals surface area contributed by atoms with Crippen LogP contribution in [0, 0.1) is 63.1 Å². The molecule has 9 atom stereocenters. The first-order valence-electron chi connectivity index (χ1n) is 15.6. The molecule has 0 unspecified atom stereocenters. The average molecular weight is 528 g/mol. The molecule has 0 saturated heterocycles. The molecule has 1 aromatic rings. The molecule has 4 aliphatic carbocycles. The Hall–Kier alpha value is -2.34. The number of rotatable bonds is 6. The molecule has 3 saturated carbocycles. The number of carbonyl (C=O) groups is 1. The lowest BCUT2D eigenvalue weighted by molar-refractivity contribution is -0.0598. The first-order valence-corrected chi connectivity index (χ1v) is 15.6. The molecule has 39 heavy (non-hydrogen) atoms. The van der Waals surface area contributed by atoms with Gasteiger partial charge in [0.2, 0.25) is 0 Å². The fourth-order valence-electron chi connectivity index (χ4n) is 9.24. The second-order valence-corrected chi connectivity index (χ2v) is 14.3. The first kappa shape index (κ1) is 28.2. The molecule has 0 aliphatic heterocycles. The van der Waals surface area contributed by atoms with Gasteiger partial charge in [-0.15, -0.1) is 0 Å². The number of carbonyl (C=O) groups excluding carboxylic acids is 1. The van der Waals surface area contributed by atoms with Crippen molar-refractivity contribution in [2.24, 2.45) is 51.8 Å². The van der Waals surface area contributed by atoms with Crippen molar-refractivity contribution < 1.29 is 9.53 Å². The smallest absolute Gasteiger partial charge is 0.338 e. The number of nitriles is 1. The van der Waals surface area contributed by atoms with Crippen LogP contribution in [0.1, 0.15) is 103 Å². The van der Waals surface area contributed by atoms with Crippen molar-refractivity contribution in [3.63, 3.8) is 0 Å². The molecule has 0 amide bonds. The van der Waals surface area contributed by atoms with Crippen LogP contribution in [-0.4, -0.2) is 12.1 Å². The van der Waals surface area contributed by atoms with Crippen molar-refractivity contribution in [1.29, 1.82) is 5.26 Å². The maximum Gasteiger partial charge on any atom is 0.338 e. The molecule has 5 rings (SSSR count). The number of allylic oxidation sites excluding steroid dienone is 4. The van der Waals surface area contributed by atoms with Gasteiger partial charge in [0.25, 0.3) is 0 Å². The van der Waals surface area contributed by atoms with Gasteiger partial charge in [0.05, 0.1) is 17.0 Å². The Kier molecular flexibility index (Phi) is 7.64. The summed E-state index contributed by atoms with van der Waals surface area (Å²) >= 11 is 0. The lowest BCUT2D eigenvalue weighted by atomic mass is 9.43. The molecular formula is C36H49NO2. The van der Waals surface area contributed by atoms with Gasteiger partial charge >= 0.3 is 5.97 Å². The molecule has 0 spiro atoms. The summed E-state index contributed by atoms with van der Waals surface area (Å²) in [5.74, 6) is 3.05. The van der Waals surface area contributed by atoms with Gasteiger partial charge in [-0.2, -0.15) is 5.26 Å². The summed E-state index contributed by atoms with van der Waals surface area (Å²) in [5, 5.41) is 10.9. The molecule has 3 nitrogen and oxygen atoms in total. The van der Waals surface area contributed by atoms with Gasteiger partial charge in [0, 0.05) is 0 Å². The number of hydrogen-bond donors (Lipinski definition) is 0. The standard InChI is InChI=1S/C36H49NO2/c1-24(2)25(3)12-13-26(4)30-18-21-36(23-37)32-15-14-28-22-29(39-33(38)27-10-8-7-9-11-27)16-19-34(28,5)31(32)17-20-35(30,36)6/h7-13,15,24-26,28-31H,14,16-22H2,1-6H3/b13-12+/t25-,26-,28+,29+,30-,31+,34+,35-,36-/m1/s1. The van der Waals surface area contributed by atoms with Gasteiger partial charge in [-0.05, 0) is 115 Å². The zero-order valence-corrected chi connectivity index (χ0v) is 25.1. The molecule has 0 aromatic heterocycles. The molecule has 4 aliphatic rings. The number of benzene rings is 1. The zero-order valence-electron chi connectivity index (χ0n) is 25.1. The van der Waals surface area contributed by atoms with Crippen LogP contribution >= 0.6 is 0 Å². The van der Waals surface area contributed by atoms with E-state index in [0.29, 0.717) is 41.1 Å². The van der Waals surface area contributed by atoms with Crippen LogP contribution in [-0.2, 0) is 4.74 Å². The summed E-state index contributed by atoms with van der Waals surface area (Å²) in [7, 11) is 0. The number of nitrogens with zero attached hydrogens (tertiary/aromatic N) is 1. The van der Waals surface area contributed by atoms with Crippen molar-refractivity contribution in [2.75, 3.05) is 0 Å². The van der Waals surface area contributed by atoms with Crippen LogP contribution in [0.25, 0.3) is 0 Å². The molecule has 0 N–H and O–H groups in total. The van der Waals surface area contributed by atoms with Crippen LogP contribution in [0.2, 0.25) is 0 Å². The lowest BCUT2D eigenvalue weighted by Gasteiger charge is -2.60. The lowest BCUT2D eigenvalue weighted by Crippen LogP contribution is -2.54. The van der Waals surface area contributed by atoms with E-state index in [1.165, 1.54) is 12.0 Å². The van der Waals surface area contributed by atoms with E-state index < -0.39 is 0 Å². The predicted octanol–water partition coefficient (Wildman–Crippen LogP) is 9.17. The van der Waals surface area contributed by atoms with Crippen LogP contribution in [0.3, 0.4) is 0 Å². The SMILES string of the molecule is CC(C)[C@H](C)/C=C/[C@@H](C)[C@H]1CC[C@@]2(C#N)C3=CC[C@H]4C[C@@H](OC(=O)c5ccccc5)CC[C@]4(C)[C@H]3CC[C@]12C. The van der Waals surface area contributed by atoms with Gasteiger partial charge in [-0.25, -0.2) is 4.79 Å². The monoisotopic (exact) mass is 527 g/mol. The maximum atomic E-state index is 12.7. The predicted molar refractivity (Wildman–Crippen MR) is 158 cm³/mol. The highest BCUT2D eigenvalue weighted by Crippen LogP contribution is 2.72. The molecule has 3 fully saturated rings. The fraction of sp³-hybridized carbons (Fsp3) is 0.667. The zero-order chi connectivity index (χ0) is 28.0. The van der Waals surface area contributed by atoms with E-state index in [4.69, 9.17) is 4.74 Å². The van der Waals surface area contributed by atoms with Crippen molar-refractivity contribution in [3.8, 4) is 6.07 Å². The maximum absolute atomic E-state index is 12.7. The highest BCUT2D eigenvalue weighted by atomic mass is 16.5. The second kappa shape index (κ2) is 10.6. The summed E-state index contributed by atoms with van der Waals surface area (Å²) in [4.78, 5) is 12.7. The molecule has 1 aromatic carbocycles. The van der Waals surface area contributed by atoms with Gasteiger partial charge < -0.3 is 4.74 Å². The summed E-state index contributed by atoms with van der Waals surface area (Å²) in [5.41, 5.74) is 1.99. The molecule has 0 radical (unpaired) electrons. The van der Waals surface area contributed by atoms with Crippen molar-refractivity contribution in [3.05, 3.63) is 59.7 Å². The van der Waals surface area contributed by atoms with E-state index in [9.17, 15) is 10.1 Å². The van der Waals surface area contributed by atoms with Gasteiger partial charge in [-0.1, -0.05) is 78.0 Å². The molecule has 0 bridgehead atoms. The Morgan fingerprint density at radius 1 is 1.03 bits per heavy atom. The number of esters is 1. The summed E-state index contributed by atoms with van der Waals surface area (Å²) < 4.78 is 6.01. The van der Waals surface area contributed by atoms with E-state index in [1.807, 2.05) is 30.3 Å². The summed E-state index contributed by atoms with van der Waals surface area (Å²) in [6.45, 7) is 14.2. The minimum atomic E-state index is -0.336. The van der Waals surface area contributed by atoms with Crippen LogP contribution in [0.15, 0.2) is 54.1 Å². The van der Waals surface area contributed by atoms with Crippen molar-refractivity contribution in [1.82, 2.24) is 0 Å². The normalized spacial score (nSPS) is 39.2. The highest BCUT2D eigenvalue weighted by molar-refractivity contribution is 5.89. The summed E-state index contributed by atoms with van der Waals surface area (Å²) in [6, 6.07) is 12.4. The molecule has 0 heterocycles. The molecular weight excluding hydrogens is 478 g/mol. The van der Waals surface area contributed by atoms with Crippen molar-refractivity contribution in [2.45, 2.75) is 99.0 Å². The van der Waals surface area contributed by atoms with Crippen LogP contribution in [0.4, 0.5) is 0 Å². The number of hydrogen-bond acceptors (Lipinski definition) is 3. The van der Waals surface area contributed by atoms with Gasteiger partial charge in [0.1, 0.15) is 6.10 Å². The largest absolute Gasteiger partial charge is 0.459 e. The Morgan fingerprint density at radius 3 is 2.46 bits per heavy atom. The fourth-order valence-corrected chi connectivity index (χ4v) is 9.24. The van der Waals surface area contributed by atoms with Gasteiger partial charge in [-0.3, -0.25) is 0 Å². The minimum absolute atomic E-state index is 0.0127. The Bertz CT molecular complexity index is 1160. The Balaban J connectivity index is 1.35.